The van der Waals surface area contributed by atoms with Gasteiger partial charge in [0.05, 0.1) is 6.04 Å². The quantitative estimate of drug-likeness (QED) is 0.880. The van der Waals surface area contributed by atoms with E-state index in [4.69, 9.17) is 5.73 Å². The number of aryl methyl sites for hydroxylation is 1. The molecule has 0 bridgehead atoms. The maximum Gasteiger partial charge on any atom is 0.0593 e. The molecule has 1 saturated carbocycles. The fourth-order valence-electron chi connectivity index (χ4n) is 3.43. The monoisotopic (exact) mass is 280 g/mol. The summed E-state index contributed by atoms with van der Waals surface area (Å²) in [5, 5.41) is 0. The Kier molecular flexibility index (Phi) is 5.43. The van der Waals surface area contributed by atoms with E-state index in [1.807, 2.05) is 11.3 Å². The minimum Gasteiger partial charge on any atom is -0.326 e. The molecule has 1 fully saturated rings. The summed E-state index contributed by atoms with van der Waals surface area (Å²) in [5.41, 5.74) is 6.33. The molecule has 1 aromatic rings. The van der Waals surface area contributed by atoms with Gasteiger partial charge in [0.25, 0.3) is 0 Å². The molecule has 0 amide bonds. The summed E-state index contributed by atoms with van der Waals surface area (Å²) in [4.78, 5) is 5.50. The standard InChI is InChI=1S/C16H28N2S/c1-4-18(14-8-6-5-7-9-14)16(13(3)17)15-11-10-12(2)19-15/h10-11,13-14,16H,4-9,17H2,1-3H3. The second-order valence-electron chi connectivity index (χ2n) is 5.87. The molecule has 2 atom stereocenters. The lowest BCUT2D eigenvalue weighted by Crippen LogP contribution is -2.45. The molecule has 3 heteroatoms. The third-order valence-corrected chi connectivity index (χ3v) is 5.39. The lowest BCUT2D eigenvalue weighted by molar-refractivity contribution is 0.0994. The Bertz CT molecular complexity index is 380. The fraction of sp³-hybridized carbons (Fsp3) is 0.750. The van der Waals surface area contributed by atoms with Crippen molar-refractivity contribution in [1.29, 1.82) is 0 Å². The van der Waals surface area contributed by atoms with Crippen molar-refractivity contribution in [3.05, 3.63) is 21.9 Å². The molecule has 1 aromatic heterocycles. The Balaban J connectivity index is 2.20. The molecule has 0 aliphatic heterocycles. The Morgan fingerprint density at radius 1 is 1.32 bits per heavy atom. The number of thiophene rings is 1. The van der Waals surface area contributed by atoms with Gasteiger partial charge >= 0.3 is 0 Å². The highest BCUT2D eigenvalue weighted by Crippen LogP contribution is 2.34. The summed E-state index contributed by atoms with van der Waals surface area (Å²) in [7, 11) is 0. The Labute approximate surface area is 122 Å². The zero-order chi connectivity index (χ0) is 13.8. The molecule has 108 valence electrons. The van der Waals surface area contributed by atoms with E-state index in [1.165, 1.54) is 41.9 Å². The third kappa shape index (κ3) is 3.59. The van der Waals surface area contributed by atoms with Gasteiger partial charge in [0, 0.05) is 21.8 Å². The van der Waals surface area contributed by atoms with Gasteiger partial charge in [0.2, 0.25) is 0 Å². The van der Waals surface area contributed by atoms with Crippen molar-refractivity contribution in [2.75, 3.05) is 6.54 Å². The molecular formula is C16H28N2S. The topological polar surface area (TPSA) is 29.3 Å². The van der Waals surface area contributed by atoms with Crippen LogP contribution in [0, 0.1) is 6.92 Å². The van der Waals surface area contributed by atoms with Gasteiger partial charge < -0.3 is 5.73 Å². The van der Waals surface area contributed by atoms with Crippen LogP contribution in [0.1, 0.15) is 61.7 Å². The van der Waals surface area contributed by atoms with Gasteiger partial charge in [-0.25, -0.2) is 0 Å². The summed E-state index contributed by atoms with van der Waals surface area (Å²) in [6.07, 6.45) is 6.88. The van der Waals surface area contributed by atoms with Crippen LogP contribution in [-0.2, 0) is 0 Å². The highest BCUT2D eigenvalue weighted by atomic mass is 32.1. The number of nitrogens with two attached hydrogens (primary N) is 1. The van der Waals surface area contributed by atoms with Crippen LogP contribution in [0.4, 0.5) is 0 Å². The number of hydrogen-bond acceptors (Lipinski definition) is 3. The summed E-state index contributed by atoms with van der Waals surface area (Å²) < 4.78 is 0. The summed E-state index contributed by atoms with van der Waals surface area (Å²) in [6.45, 7) is 7.73. The maximum atomic E-state index is 6.33. The smallest absolute Gasteiger partial charge is 0.0593 e. The second kappa shape index (κ2) is 6.87. The van der Waals surface area contributed by atoms with Crippen LogP contribution in [0.15, 0.2) is 12.1 Å². The minimum absolute atomic E-state index is 0.194. The van der Waals surface area contributed by atoms with Crippen LogP contribution >= 0.6 is 11.3 Å². The van der Waals surface area contributed by atoms with E-state index in [0.29, 0.717) is 6.04 Å². The van der Waals surface area contributed by atoms with E-state index >= 15 is 0 Å². The van der Waals surface area contributed by atoms with Crippen LogP contribution in [-0.4, -0.2) is 23.5 Å². The molecule has 2 nitrogen and oxygen atoms in total. The first-order chi connectivity index (χ1) is 9.13. The SMILES string of the molecule is CCN(C1CCCCC1)C(c1ccc(C)s1)C(C)N. The molecule has 19 heavy (non-hydrogen) atoms. The average molecular weight is 280 g/mol. The van der Waals surface area contributed by atoms with Crippen molar-refractivity contribution < 1.29 is 0 Å². The van der Waals surface area contributed by atoms with Crippen LogP contribution in [0.3, 0.4) is 0 Å². The molecule has 0 aromatic carbocycles. The first-order valence-corrected chi connectivity index (χ1v) is 8.52. The average Bonchev–Trinajstić information content (AvgIpc) is 2.82. The summed E-state index contributed by atoms with van der Waals surface area (Å²) >= 11 is 1.91. The Hall–Kier alpha value is -0.380. The number of hydrogen-bond donors (Lipinski definition) is 1. The third-order valence-electron chi connectivity index (χ3n) is 4.32. The lowest BCUT2D eigenvalue weighted by Gasteiger charge is -2.40. The molecule has 2 unspecified atom stereocenters. The number of rotatable bonds is 5. The largest absolute Gasteiger partial charge is 0.326 e. The van der Waals surface area contributed by atoms with Crippen molar-refractivity contribution >= 4 is 11.3 Å². The molecule has 1 aliphatic carbocycles. The van der Waals surface area contributed by atoms with Gasteiger partial charge in [-0.1, -0.05) is 26.2 Å². The van der Waals surface area contributed by atoms with E-state index in [0.717, 1.165) is 12.6 Å². The molecule has 2 rings (SSSR count). The molecule has 0 saturated heterocycles. The molecular weight excluding hydrogens is 252 g/mol. The van der Waals surface area contributed by atoms with Crippen molar-refractivity contribution in [3.8, 4) is 0 Å². The summed E-state index contributed by atoms with van der Waals surface area (Å²) in [5.74, 6) is 0. The minimum atomic E-state index is 0.194. The van der Waals surface area contributed by atoms with Gasteiger partial charge in [-0.2, -0.15) is 0 Å². The molecule has 0 radical (unpaired) electrons. The highest BCUT2D eigenvalue weighted by molar-refractivity contribution is 7.12. The zero-order valence-corrected chi connectivity index (χ0v) is 13.4. The summed E-state index contributed by atoms with van der Waals surface area (Å²) in [6, 6.07) is 5.83. The Morgan fingerprint density at radius 3 is 2.47 bits per heavy atom. The fourth-order valence-corrected chi connectivity index (χ4v) is 4.55. The van der Waals surface area contributed by atoms with E-state index in [2.05, 4.69) is 37.8 Å². The van der Waals surface area contributed by atoms with Crippen LogP contribution in [0.5, 0.6) is 0 Å². The highest BCUT2D eigenvalue weighted by Gasteiger charge is 2.30. The second-order valence-corrected chi connectivity index (χ2v) is 7.19. The van der Waals surface area contributed by atoms with Gasteiger partial charge in [0.15, 0.2) is 0 Å². The predicted octanol–water partition coefficient (Wildman–Crippen LogP) is 4.10. The van der Waals surface area contributed by atoms with Crippen molar-refractivity contribution in [3.63, 3.8) is 0 Å². The maximum absolute atomic E-state index is 6.33. The van der Waals surface area contributed by atoms with Crippen molar-refractivity contribution in [2.24, 2.45) is 5.73 Å². The molecule has 1 aliphatic rings. The predicted molar refractivity (Wildman–Crippen MR) is 84.7 cm³/mol. The van der Waals surface area contributed by atoms with E-state index in [9.17, 15) is 0 Å². The first kappa shape index (κ1) is 15.0. The normalized spacial score (nSPS) is 20.7. The zero-order valence-electron chi connectivity index (χ0n) is 12.6. The van der Waals surface area contributed by atoms with Gasteiger partial charge in [-0.3, -0.25) is 4.90 Å². The van der Waals surface area contributed by atoms with E-state index in [1.54, 1.807) is 0 Å². The van der Waals surface area contributed by atoms with Crippen molar-refractivity contribution in [1.82, 2.24) is 4.90 Å². The van der Waals surface area contributed by atoms with Crippen LogP contribution < -0.4 is 5.73 Å². The lowest BCUT2D eigenvalue weighted by atomic mass is 9.92. The Morgan fingerprint density at radius 2 is 2.00 bits per heavy atom. The van der Waals surface area contributed by atoms with Crippen LogP contribution in [0.2, 0.25) is 0 Å². The van der Waals surface area contributed by atoms with Gasteiger partial charge in [0.1, 0.15) is 0 Å². The molecule has 1 heterocycles. The van der Waals surface area contributed by atoms with E-state index in [-0.39, 0.29) is 6.04 Å². The number of nitrogens with zero attached hydrogens (tertiary/aromatic N) is 1. The van der Waals surface area contributed by atoms with Crippen LogP contribution in [0.25, 0.3) is 0 Å². The van der Waals surface area contributed by atoms with Gasteiger partial charge in [-0.05, 0) is 45.4 Å². The van der Waals surface area contributed by atoms with E-state index < -0.39 is 0 Å². The van der Waals surface area contributed by atoms with Gasteiger partial charge in [-0.15, -0.1) is 11.3 Å². The van der Waals surface area contributed by atoms with Crippen molar-refractivity contribution in [2.45, 2.75) is 71.0 Å². The first-order valence-electron chi connectivity index (χ1n) is 7.71. The molecule has 0 spiro atoms. The number of likely N-dealkylation sites (N-methyl/N-ethyl adjacent to an activating group) is 1. The molecule has 2 N–H and O–H groups in total.